The van der Waals surface area contributed by atoms with Crippen LogP contribution in [0.1, 0.15) is 45.6 Å². The minimum Gasteiger partial charge on any atom is -0.491 e. The Morgan fingerprint density at radius 1 is 1.24 bits per heavy atom. The van der Waals surface area contributed by atoms with Crippen molar-refractivity contribution in [2.24, 2.45) is 5.73 Å². The highest BCUT2D eigenvalue weighted by Gasteiger charge is 2.31. The second-order valence-corrected chi connectivity index (χ2v) is 5.66. The van der Waals surface area contributed by atoms with Crippen LogP contribution in [0.2, 0.25) is 0 Å². The number of hydrogen-bond acceptors (Lipinski definition) is 3. The van der Waals surface area contributed by atoms with E-state index in [4.69, 9.17) is 10.5 Å². The van der Waals surface area contributed by atoms with Gasteiger partial charge in [-0.15, -0.1) is 0 Å². The molecule has 0 fully saturated rings. The van der Waals surface area contributed by atoms with Gasteiger partial charge in [0.2, 0.25) is 5.91 Å². The number of aryl methyl sites for hydroxylation is 1. The second kappa shape index (κ2) is 8.67. The molecule has 1 aromatic rings. The zero-order valence-electron chi connectivity index (χ0n) is 13.4. The van der Waals surface area contributed by atoms with Crippen molar-refractivity contribution >= 4 is 5.91 Å². The van der Waals surface area contributed by atoms with E-state index in [0.29, 0.717) is 0 Å². The van der Waals surface area contributed by atoms with Crippen molar-refractivity contribution in [3.05, 3.63) is 29.8 Å². The lowest BCUT2D eigenvalue weighted by Gasteiger charge is -2.27. The minimum absolute atomic E-state index is 0.233. The molecule has 1 atom stereocenters. The highest BCUT2D eigenvalue weighted by Crippen LogP contribution is 2.16. The highest BCUT2D eigenvalue weighted by atomic mass is 16.5. The molecular weight excluding hydrogens is 264 g/mol. The maximum atomic E-state index is 11.6. The molecule has 0 aliphatic heterocycles. The number of nitrogens with two attached hydrogens (primary N) is 1. The molecule has 0 aromatic heterocycles. The third-order valence-electron chi connectivity index (χ3n) is 3.58. The second-order valence-electron chi connectivity index (χ2n) is 5.66. The molecular formula is C17H28N2O2. The Balaban J connectivity index is 2.57. The number of primary amides is 1. The fourth-order valence-electron chi connectivity index (χ4n) is 1.97. The standard InChI is InChI=1S/C17H28N2O2/c1-4-6-7-14-8-10-15(11-9-14)21-13-17(3,16(18)20)19-12-5-2/h8-11,19H,4-7,12-13H2,1-3H3,(H2,18,20). The van der Waals surface area contributed by atoms with Gasteiger partial charge in [-0.2, -0.15) is 0 Å². The average Bonchev–Trinajstić information content (AvgIpc) is 2.49. The number of amides is 1. The first-order valence-electron chi connectivity index (χ1n) is 7.78. The third kappa shape index (κ3) is 5.76. The van der Waals surface area contributed by atoms with Gasteiger partial charge in [0.1, 0.15) is 17.9 Å². The highest BCUT2D eigenvalue weighted by molar-refractivity contribution is 5.84. The van der Waals surface area contributed by atoms with E-state index in [1.165, 1.54) is 18.4 Å². The number of unbranched alkanes of at least 4 members (excludes halogenated alkanes) is 1. The van der Waals surface area contributed by atoms with Gasteiger partial charge in [0.05, 0.1) is 0 Å². The van der Waals surface area contributed by atoms with Crippen molar-refractivity contribution < 1.29 is 9.53 Å². The maximum absolute atomic E-state index is 11.6. The van der Waals surface area contributed by atoms with Gasteiger partial charge in [0.25, 0.3) is 0 Å². The van der Waals surface area contributed by atoms with Crippen molar-refractivity contribution in [2.45, 2.75) is 52.0 Å². The van der Waals surface area contributed by atoms with Gasteiger partial charge in [-0.1, -0.05) is 32.4 Å². The molecule has 1 aromatic carbocycles. The average molecular weight is 292 g/mol. The van der Waals surface area contributed by atoms with E-state index in [1.54, 1.807) is 6.92 Å². The van der Waals surface area contributed by atoms with Gasteiger partial charge in [-0.3, -0.25) is 4.79 Å². The molecule has 21 heavy (non-hydrogen) atoms. The molecule has 0 spiro atoms. The first-order valence-corrected chi connectivity index (χ1v) is 7.78. The first-order chi connectivity index (χ1) is 10.0. The largest absolute Gasteiger partial charge is 0.491 e. The van der Waals surface area contributed by atoms with Crippen LogP contribution < -0.4 is 15.8 Å². The summed E-state index contributed by atoms with van der Waals surface area (Å²) in [6.45, 7) is 6.98. The van der Waals surface area contributed by atoms with E-state index in [1.807, 2.05) is 19.1 Å². The van der Waals surface area contributed by atoms with E-state index < -0.39 is 11.4 Å². The van der Waals surface area contributed by atoms with Crippen LogP contribution in [0.5, 0.6) is 5.75 Å². The summed E-state index contributed by atoms with van der Waals surface area (Å²) in [6.07, 6.45) is 4.42. The summed E-state index contributed by atoms with van der Waals surface area (Å²) in [6, 6.07) is 8.05. The molecule has 118 valence electrons. The lowest BCUT2D eigenvalue weighted by molar-refractivity contribution is -0.125. The van der Waals surface area contributed by atoms with E-state index in [2.05, 4.69) is 24.4 Å². The molecule has 1 rings (SSSR count). The van der Waals surface area contributed by atoms with Crippen LogP contribution in [0, 0.1) is 0 Å². The molecule has 0 bridgehead atoms. The van der Waals surface area contributed by atoms with E-state index >= 15 is 0 Å². The number of benzene rings is 1. The summed E-state index contributed by atoms with van der Waals surface area (Å²) in [5, 5.41) is 3.16. The summed E-state index contributed by atoms with van der Waals surface area (Å²) in [5.74, 6) is 0.372. The summed E-state index contributed by atoms with van der Waals surface area (Å²) in [4.78, 5) is 11.6. The quantitative estimate of drug-likeness (QED) is 0.697. The van der Waals surface area contributed by atoms with Gasteiger partial charge in [0.15, 0.2) is 0 Å². The van der Waals surface area contributed by atoms with Crippen molar-refractivity contribution in [3.63, 3.8) is 0 Å². The number of nitrogens with one attached hydrogen (secondary N) is 1. The van der Waals surface area contributed by atoms with Gasteiger partial charge in [-0.25, -0.2) is 0 Å². The van der Waals surface area contributed by atoms with Gasteiger partial charge >= 0.3 is 0 Å². The zero-order valence-corrected chi connectivity index (χ0v) is 13.4. The molecule has 4 heteroatoms. The Kier molecular flexibility index (Phi) is 7.23. The number of hydrogen-bond donors (Lipinski definition) is 2. The summed E-state index contributed by atoms with van der Waals surface area (Å²) >= 11 is 0. The van der Waals surface area contributed by atoms with Crippen LogP contribution >= 0.6 is 0 Å². The van der Waals surface area contributed by atoms with Gasteiger partial charge < -0.3 is 15.8 Å². The molecule has 0 aliphatic carbocycles. The molecule has 1 unspecified atom stereocenters. The Morgan fingerprint density at radius 2 is 1.90 bits per heavy atom. The van der Waals surface area contributed by atoms with E-state index in [9.17, 15) is 4.79 Å². The Bertz CT molecular complexity index is 431. The molecule has 0 aliphatic rings. The van der Waals surface area contributed by atoms with Gasteiger partial charge in [0, 0.05) is 0 Å². The van der Waals surface area contributed by atoms with Crippen LogP contribution in [-0.4, -0.2) is 24.6 Å². The van der Waals surface area contributed by atoms with Crippen molar-refractivity contribution in [1.82, 2.24) is 5.32 Å². The van der Waals surface area contributed by atoms with Crippen molar-refractivity contribution in [2.75, 3.05) is 13.2 Å². The Hall–Kier alpha value is -1.55. The van der Waals surface area contributed by atoms with E-state index in [-0.39, 0.29) is 6.61 Å². The molecule has 1 amide bonds. The molecule has 0 saturated carbocycles. The summed E-state index contributed by atoms with van der Waals surface area (Å²) in [5.41, 5.74) is 5.95. The number of carbonyl (C=O) groups excluding carboxylic acids is 1. The minimum atomic E-state index is -0.836. The maximum Gasteiger partial charge on any atom is 0.240 e. The predicted octanol–water partition coefficient (Wildman–Crippen LogP) is 2.65. The number of rotatable bonds is 10. The number of ether oxygens (including phenoxy) is 1. The van der Waals surface area contributed by atoms with Crippen molar-refractivity contribution in [1.29, 1.82) is 0 Å². The lowest BCUT2D eigenvalue weighted by atomic mass is 10.0. The monoisotopic (exact) mass is 292 g/mol. The summed E-state index contributed by atoms with van der Waals surface area (Å²) < 4.78 is 5.73. The third-order valence-corrected chi connectivity index (χ3v) is 3.58. The Morgan fingerprint density at radius 3 is 2.43 bits per heavy atom. The van der Waals surface area contributed by atoms with Crippen LogP contribution in [0.3, 0.4) is 0 Å². The molecule has 4 nitrogen and oxygen atoms in total. The normalized spacial score (nSPS) is 13.7. The molecule has 0 saturated heterocycles. The van der Waals surface area contributed by atoms with Crippen LogP contribution in [-0.2, 0) is 11.2 Å². The molecule has 0 radical (unpaired) electrons. The van der Waals surface area contributed by atoms with Gasteiger partial charge in [-0.05, 0) is 50.4 Å². The van der Waals surface area contributed by atoms with Crippen LogP contribution in [0.25, 0.3) is 0 Å². The van der Waals surface area contributed by atoms with Crippen LogP contribution in [0.15, 0.2) is 24.3 Å². The predicted molar refractivity (Wildman–Crippen MR) is 86.4 cm³/mol. The smallest absolute Gasteiger partial charge is 0.240 e. The van der Waals surface area contributed by atoms with Crippen LogP contribution in [0.4, 0.5) is 0 Å². The van der Waals surface area contributed by atoms with E-state index in [0.717, 1.165) is 25.1 Å². The fourth-order valence-corrected chi connectivity index (χ4v) is 1.97. The first kappa shape index (κ1) is 17.5. The van der Waals surface area contributed by atoms with Crippen molar-refractivity contribution in [3.8, 4) is 5.75 Å². The topological polar surface area (TPSA) is 64.3 Å². The SMILES string of the molecule is CCCCc1ccc(OCC(C)(NCCC)C(N)=O)cc1. The number of carbonyl (C=O) groups is 1. The lowest BCUT2D eigenvalue weighted by Crippen LogP contribution is -2.57. The molecule has 3 N–H and O–H groups in total. The fraction of sp³-hybridized carbons (Fsp3) is 0.588. The summed E-state index contributed by atoms with van der Waals surface area (Å²) in [7, 11) is 0. The Labute approximate surface area is 128 Å². The zero-order chi connectivity index (χ0) is 15.7. The molecule has 0 heterocycles.